The second-order valence-corrected chi connectivity index (χ2v) is 5.59. The number of nitrogens with zero attached hydrogens (tertiary/aromatic N) is 3. The number of hydrogen-bond donors (Lipinski definition) is 1. The SMILES string of the molecule is CNc1nc(-c2cncc(Br)c2)nc2c1CCCC2. The molecule has 0 atom stereocenters. The quantitative estimate of drug-likeness (QED) is 0.923. The molecule has 2 aromatic heterocycles. The average Bonchev–Trinajstić information content (AvgIpc) is 2.46. The van der Waals surface area contributed by atoms with Gasteiger partial charge in [-0.2, -0.15) is 0 Å². The van der Waals surface area contributed by atoms with Crippen molar-refractivity contribution in [1.29, 1.82) is 0 Å². The summed E-state index contributed by atoms with van der Waals surface area (Å²) in [6.45, 7) is 0. The van der Waals surface area contributed by atoms with Crippen LogP contribution in [-0.4, -0.2) is 22.0 Å². The highest BCUT2D eigenvalue weighted by Crippen LogP contribution is 2.28. The molecule has 0 saturated carbocycles. The molecule has 0 aromatic carbocycles. The van der Waals surface area contributed by atoms with E-state index in [1.54, 1.807) is 12.4 Å². The van der Waals surface area contributed by atoms with Crippen molar-refractivity contribution < 1.29 is 0 Å². The molecule has 0 amide bonds. The fourth-order valence-electron chi connectivity index (χ4n) is 2.46. The number of anilines is 1. The van der Waals surface area contributed by atoms with Gasteiger partial charge in [0.15, 0.2) is 5.82 Å². The van der Waals surface area contributed by atoms with E-state index in [1.807, 2.05) is 13.1 Å². The van der Waals surface area contributed by atoms with E-state index in [2.05, 4.69) is 31.2 Å². The fourth-order valence-corrected chi connectivity index (χ4v) is 2.83. The first kappa shape index (κ1) is 12.5. The Kier molecular flexibility index (Phi) is 3.46. The Labute approximate surface area is 120 Å². The smallest absolute Gasteiger partial charge is 0.163 e. The monoisotopic (exact) mass is 318 g/mol. The Morgan fingerprint density at radius 1 is 1.16 bits per heavy atom. The predicted octanol–water partition coefficient (Wildman–Crippen LogP) is 3.22. The molecule has 0 fully saturated rings. The molecule has 0 bridgehead atoms. The van der Waals surface area contributed by atoms with Gasteiger partial charge in [-0.15, -0.1) is 0 Å². The van der Waals surface area contributed by atoms with E-state index in [4.69, 9.17) is 4.98 Å². The molecule has 19 heavy (non-hydrogen) atoms. The van der Waals surface area contributed by atoms with Crippen LogP contribution in [0.3, 0.4) is 0 Å². The van der Waals surface area contributed by atoms with Crippen molar-refractivity contribution in [1.82, 2.24) is 15.0 Å². The lowest BCUT2D eigenvalue weighted by Gasteiger charge is -2.18. The number of aryl methyl sites for hydroxylation is 1. The van der Waals surface area contributed by atoms with Crippen molar-refractivity contribution in [2.45, 2.75) is 25.7 Å². The van der Waals surface area contributed by atoms with Gasteiger partial charge >= 0.3 is 0 Å². The molecule has 3 rings (SSSR count). The highest BCUT2D eigenvalue weighted by Gasteiger charge is 2.17. The summed E-state index contributed by atoms with van der Waals surface area (Å²) in [6, 6.07) is 2.00. The van der Waals surface area contributed by atoms with Crippen LogP contribution in [0.1, 0.15) is 24.1 Å². The van der Waals surface area contributed by atoms with E-state index < -0.39 is 0 Å². The molecule has 5 heteroatoms. The van der Waals surface area contributed by atoms with Crippen LogP contribution in [0, 0.1) is 0 Å². The Bertz CT molecular complexity index is 595. The van der Waals surface area contributed by atoms with Crippen LogP contribution < -0.4 is 5.32 Å². The maximum Gasteiger partial charge on any atom is 0.163 e. The van der Waals surface area contributed by atoms with Crippen LogP contribution in [0.5, 0.6) is 0 Å². The lowest BCUT2D eigenvalue weighted by molar-refractivity contribution is 0.665. The first-order valence-electron chi connectivity index (χ1n) is 6.46. The second kappa shape index (κ2) is 5.25. The van der Waals surface area contributed by atoms with Gasteiger partial charge in [0.1, 0.15) is 5.82 Å². The summed E-state index contributed by atoms with van der Waals surface area (Å²) < 4.78 is 0.942. The highest BCUT2D eigenvalue weighted by molar-refractivity contribution is 9.10. The summed E-state index contributed by atoms with van der Waals surface area (Å²) in [6.07, 6.45) is 8.12. The molecule has 2 aromatic rings. The molecule has 0 radical (unpaired) electrons. The number of halogens is 1. The first-order valence-corrected chi connectivity index (χ1v) is 7.25. The summed E-state index contributed by atoms with van der Waals surface area (Å²) in [5.74, 6) is 1.71. The first-order chi connectivity index (χ1) is 9.28. The Morgan fingerprint density at radius 3 is 2.79 bits per heavy atom. The van der Waals surface area contributed by atoms with E-state index in [1.165, 1.54) is 24.1 Å². The van der Waals surface area contributed by atoms with Gasteiger partial charge in [0, 0.05) is 40.7 Å². The minimum atomic E-state index is 0.749. The molecule has 2 heterocycles. The largest absolute Gasteiger partial charge is 0.373 e. The maximum atomic E-state index is 4.72. The van der Waals surface area contributed by atoms with E-state index >= 15 is 0 Å². The normalized spacial score (nSPS) is 14.0. The van der Waals surface area contributed by atoms with Crippen molar-refractivity contribution in [2.24, 2.45) is 0 Å². The fraction of sp³-hybridized carbons (Fsp3) is 0.357. The third kappa shape index (κ3) is 2.47. The van der Waals surface area contributed by atoms with Gasteiger partial charge in [-0.3, -0.25) is 4.98 Å². The van der Waals surface area contributed by atoms with E-state index in [0.29, 0.717) is 0 Å². The van der Waals surface area contributed by atoms with Crippen LogP contribution in [0.15, 0.2) is 22.9 Å². The van der Waals surface area contributed by atoms with Crippen molar-refractivity contribution in [3.63, 3.8) is 0 Å². The third-order valence-electron chi connectivity index (χ3n) is 3.38. The van der Waals surface area contributed by atoms with Crippen LogP contribution in [0.4, 0.5) is 5.82 Å². The summed E-state index contributed by atoms with van der Waals surface area (Å²) in [5, 5.41) is 3.20. The zero-order chi connectivity index (χ0) is 13.2. The topological polar surface area (TPSA) is 50.7 Å². The van der Waals surface area contributed by atoms with Crippen LogP contribution in [0.2, 0.25) is 0 Å². The summed E-state index contributed by atoms with van der Waals surface area (Å²) in [5.41, 5.74) is 3.40. The van der Waals surface area contributed by atoms with Gasteiger partial charge in [-0.1, -0.05) is 0 Å². The van der Waals surface area contributed by atoms with Gasteiger partial charge in [0.2, 0.25) is 0 Å². The molecule has 98 valence electrons. The summed E-state index contributed by atoms with van der Waals surface area (Å²) in [4.78, 5) is 13.5. The third-order valence-corrected chi connectivity index (χ3v) is 3.82. The predicted molar refractivity (Wildman–Crippen MR) is 79.2 cm³/mol. The van der Waals surface area contributed by atoms with Gasteiger partial charge in [-0.05, 0) is 47.7 Å². The number of fused-ring (bicyclic) bond motifs is 1. The number of rotatable bonds is 2. The molecular formula is C14H15BrN4. The molecule has 1 aliphatic rings. The maximum absolute atomic E-state index is 4.72. The summed E-state index contributed by atoms with van der Waals surface area (Å²) in [7, 11) is 1.92. The number of hydrogen-bond acceptors (Lipinski definition) is 4. The second-order valence-electron chi connectivity index (χ2n) is 4.67. The van der Waals surface area contributed by atoms with Gasteiger partial charge in [0.05, 0.1) is 0 Å². The van der Waals surface area contributed by atoms with Crippen molar-refractivity contribution in [3.8, 4) is 11.4 Å². The minimum Gasteiger partial charge on any atom is -0.373 e. The van der Waals surface area contributed by atoms with Crippen molar-refractivity contribution >= 4 is 21.7 Å². The van der Waals surface area contributed by atoms with Gasteiger partial charge < -0.3 is 5.32 Å². The zero-order valence-electron chi connectivity index (χ0n) is 10.8. The molecule has 0 spiro atoms. The molecule has 0 saturated heterocycles. The van der Waals surface area contributed by atoms with Crippen molar-refractivity contribution in [2.75, 3.05) is 12.4 Å². The van der Waals surface area contributed by atoms with Crippen LogP contribution in [0.25, 0.3) is 11.4 Å². The Balaban J connectivity index is 2.12. The Hall–Kier alpha value is -1.49. The van der Waals surface area contributed by atoms with Crippen molar-refractivity contribution in [3.05, 3.63) is 34.2 Å². The number of aromatic nitrogens is 3. The molecule has 0 aliphatic heterocycles. The Morgan fingerprint density at radius 2 is 2.00 bits per heavy atom. The van der Waals surface area contributed by atoms with Crippen LogP contribution in [-0.2, 0) is 12.8 Å². The van der Waals surface area contributed by atoms with E-state index in [-0.39, 0.29) is 0 Å². The molecule has 1 aliphatic carbocycles. The van der Waals surface area contributed by atoms with E-state index in [9.17, 15) is 0 Å². The lowest BCUT2D eigenvalue weighted by atomic mass is 9.96. The van der Waals surface area contributed by atoms with Crippen LogP contribution >= 0.6 is 15.9 Å². The molecule has 1 N–H and O–H groups in total. The standard InChI is InChI=1S/C14H15BrN4/c1-16-14-11-4-2-3-5-12(11)18-13(19-14)9-6-10(15)8-17-7-9/h6-8H,2-5H2,1H3,(H,16,18,19). The summed E-state index contributed by atoms with van der Waals surface area (Å²) >= 11 is 3.44. The molecule has 4 nitrogen and oxygen atoms in total. The lowest BCUT2D eigenvalue weighted by Crippen LogP contribution is -2.12. The number of nitrogens with one attached hydrogen (secondary N) is 1. The zero-order valence-corrected chi connectivity index (χ0v) is 12.4. The minimum absolute atomic E-state index is 0.749. The van der Waals surface area contributed by atoms with Gasteiger partial charge in [-0.25, -0.2) is 9.97 Å². The van der Waals surface area contributed by atoms with Gasteiger partial charge in [0.25, 0.3) is 0 Å². The number of pyridine rings is 1. The van der Waals surface area contributed by atoms with E-state index in [0.717, 1.165) is 34.5 Å². The molecule has 0 unspecified atom stereocenters. The highest BCUT2D eigenvalue weighted by atomic mass is 79.9. The average molecular weight is 319 g/mol. The molecular weight excluding hydrogens is 304 g/mol.